The minimum atomic E-state index is -3.52. The number of piperidine rings is 1. The van der Waals surface area contributed by atoms with Gasteiger partial charge in [-0.25, -0.2) is 8.42 Å². The van der Waals surface area contributed by atoms with E-state index >= 15 is 0 Å². The average Bonchev–Trinajstić information content (AvgIpc) is 2.69. The Kier molecular flexibility index (Phi) is 4.84. The molecule has 0 radical (unpaired) electrons. The predicted octanol–water partition coefficient (Wildman–Crippen LogP) is 3.69. The van der Waals surface area contributed by atoms with Crippen molar-refractivity contribution in [2.45, 2.75) is 17.7 Å². The Bertz CT molecular complexity index is 521. The molecule has 0 N–H and O–H groups in total. The van der Waals surface area contributed by atoms with Crippen molar-refractivity contribution in [1.29, 1.82) is 0 Å². The summed E-state index contributed by atoms with van der Waals surface area (Å²) in [6.45, 7) is 0.979. The summed E-state index contributed by atoms with van der Waals surface area (Å²) in [5.41, 5.74) is 0. The normalized spacial score (nSPS) is 19.3. The van der Waals surface area contributed by atoms with Crippen LogP contribution in [-0.2, 0) is 10.0 Å². The first-order valence-corrected chi connectivity index (χ1v) is 9.01. The minimum Gasteiger partial charge on any atom is -0.207 e. The first-order chi connectivity index (χ1) is 8.45. The summed E-state index contributed by atoms with van der Waals surface area (Å²) in [6, 6.07) is 1.41. The Balaban J connectivity index is 2.20. The third-order valence-corrected chi connectivity index (χ3v) is 7.12. The number of hydrogen-bond acceptors (Lipinski definition) is 3. The van der Waals surface area contributed by atoms with Crippen molar-refractivity contribution in [2.75, 3.05) is 19.0 Å². The van der Waals surface area contributed by atoms with Crippen molar-refractivity contribution in [3.05, 3.63) is 14.7 Å². The highest BCUT2D eigenvalue weighted by Gasteiger charge is 2.31. The highest BCUT2D eigenvalue weighted by Crippen LogP contribution is 2.36. The largest absolute Gasteiger partial charge is 0.245 e. The van der Waals surface area contributed by atoms with Crippen LogP contribution in [0.4, 0.5) is 0 Å². The monoisotopic (exact) mass is 347 g/mol. The number of nitrogens with zero attached hydrogens (tertiary/aromatic N) is 1. The molecule has 1 aliphatic heterocycles. The van der Waals surface area contributed by atoms with Crippen molar-refractivity contribution >= 4 is 56.2 Å². The molecular weight excluding hydrogens is 337 g/mol. The highest BCUT2D eigenvalue weighted by atomic mass is 35.5. The van der Waals surface area contributed by atoms with Gasteiger partial charge in [-0.2, -0.15) is 4.31 Å². The summed E-state index contributed by atoms with van der Waals surface area (Å²) in [6.07, 6.45) is 1.58. The van der Waals surface area contributed by atoms with Crippen LogP contribution >= 0.6 is 46.1 Å². The van der Waals surface area contributed by atoms with Gasteiger partial charge in [0.25, 0.3) is 0 Å². The number of rotatable bonds is 3. The standard InChI is InChI=1S/C10H12Cl3NO2S2/c11-6-7-1-3-14(4-2-7)18(15,16)8-5-9(12)17-10(8)13/h5,7H,1-4,6H2. The van der Waals surface area contributed by atoms with E-state index in [1.807, 2.05) is 0 Å². The van der Waals surface area contributed by atoms with Gasteiger partial charge in [0.05, 0.1) is 4.34 Å². The van der Waals surface area contributed by atoms with E-state index in [0.717, 1.165) is 24.2 Å². The number of alkyl halides is 1. The van der Waals surface area contributed by atoms with Crippen molar-refractivity contribution in [1.82, 2.24) is 4.31 Å². The van der Waals surface area contributed by atoms with E-state index in [9.17, 15) is 8.42 Å². The van der Waals surface area contributed by atoms with Crippen LogP contribution in [0.3, 0.4) is 0 Å². The summed E-state index contributed by atoms with van der Waals surface area (Å²) in [7, 11) is -3.52. The molecule has 0 spiro atoms. The van der Waals surface area contributed by atoms with E-state index in [4.69, 9.17) is 34.8 Å². The van der Waals surface area contributed by atoms with Gasteiger partial charge < -0.3 is 0 Å². The van der Waals surface area contributed by atoms with Crippen LogP contribution in [0.15, 0.2) is 11.0 Å². The third-order valence-electron chi connectivity index (χ3n) is 3.03. The van der Waals surface area contributed by atoms with Gasteiger partial charge in [-0.05, 0) is 24.8 Å². The summed E-state index contributed by atoms with van der Waals surface area (Å²) in [5.74, 6) is 0.985. The summed E-state index contributed by atoms with van der Waals surface area (Å²) in [5, 5.41) is 0. The van der Waals surface area contributed by atoms with Gasteiger partial charge in [0.1, 0.15) is 9.23 Å². The Morgan fingerprint density at radius 3 is 2.39 bits per heavy atom. The highest BCUT2D eigenvalue weighted by molar-refractivity contribution is 7.89. The number of sulfonamides is 1. The molecule has 2 rings (SSSR count). The lowest BCUT2D eigenvalue weighted by Crippen LogP contribution is -2.38. The maximum Gasteiger partial charge on any atom is 0.245 e. The molecule has 0 atom stereocenters. The maximum atomic E-state index is 12.4. The molecule has 1 aromatic heterocycles. The zero-order valence-electron chi connectivity index (χ0n) is 9.40. The zero-order valence-corrected chi connectivity index (χ0v) is 13.3. The van der Waals surface area contributed by atoms with E-state index in [-0.39, 0.29) is 9.23 Å². The second-order valence-corrected chi connectivity index (χ2v) is 8.69. The van der Waals surface area contributed by atoms with Gasteiger partial charge >= 0.3 is 0 Å². The van der Waals surface area contributed by atoms with Crippen LogP contribution in [0.25, 0.3) is 0 Å². The van der Waals surface area contributed by atoms with Crippen LogP contribution in [0.1, 0.15) is 12.8 Å². The molecular formula is C10H12Cl3NO2S2. The molecule has 1 aliphatic rings. The molecule has 8 heteroatoms. The lowest BCUT2D eigenvalue weighted by molar-refractivity contribution is 0.290. The van der Waals surface area contributed by atoms with Crippen LogP contribution in [-0.4, -0.2) is 31.7 Å². The van der Waals surface area contributed by atoms with Crippen LogP contribution < -0.4 is 0 Å². The van der Waals surface area contributed by atoms with Gasteiger partial charge in [-0.3, -0.25) is 0 Å². The first-order valence-electron chi connectivity index (χ1n) is 5.46. The third kappa shape index (κ3) is 2.97. The molecule has 0 aromatic carbocycles. The first kappa shape index (κ1) is 14.9. The van der Waals surface area contributed by atoms with Gasteiger partial charge in [-0.1, -0.05) is 23.2 Å². The quantitative estimate of drug-likeness (QED) is 0.781. The maximum absolute atomic E-state index is 12.4. The molecule has 0 amide bonds. The number of halogens is 3. The van der Waals surface area contributed by atoms with Gasteiger partial charge in [-0.15, -0.1) is 22.9 Å². The van der Waals surface area contributed by atoms with E-state index in [1.165, 1.54) is 10.4 Å². The SMILES string of the molecule is O=S(=O)(c1cc(Cl)sc1Cl)N1CCC(CCl)CC1. The van der Waals surface area contributed by atoms with Crippen molar-refractivity contribution in [3.8, 4) is 0 Å². The number of thiophene rings is 1. The van der Waals surface area contributed by atoms with E-state index in [0.29, 0.717) is 29.2 Å². The Morgan fingerprint density at radius 2 is 1.94 bits per heavy atom. The van der Waals surface area contributed by atoms with Crippen molar-refractivity contribution in [2.24, 2.45) is 5.92 Å². The van der Waals surface area contributed by atoms with Gasteiger partial charge in [0.2, 0.25) is 10.0 Å². The second kappa shape index (κ2) is 5.85. The number of hydrogen-bond donors (Lipinski definition) is 0. The molecule has 102 valence electrons. The molecule has 0 unspecified atom stereocenters. The summed E-state index contributed by atoms with van der Waals surface area (Å²) < 4.78 is 26.8. The predicted molar refractivity (Wildman–Crippen MR) is 76.5 cm³/mol. The van der Waals surface area contributed by atoms with E-state index < -0.39 is 10.0 Å². The average molecular weight is 349 g/mol. The van der Waals surface area contributed by atoms with Gasteiger partial charge in [0.15, 0.2) is 0 Å². The lowest BCUT2D eigenvalue weighted by atomic mass is 10.0. The van der Waals surface area contributed by atoms with Crippen LogP contribution in [0.2, 0.25) is 8.67 Å². The Morgan fingerprint density at radius 1 is 1.33 bits per heavy atom. The van der Waals surface area contributed by atoms with Gasteiger partial charge in [0, 0.05) is 19.0 Å². The van der Waals surface area contributed by atoms with E-state index in [2.05, 4.69) is 0 Å². The summed E-state index contributed by atoms with van der Waals surface area (Å²) in [4.78, 5) is 0.114. The molecule has 0 saturated carbocycles. The fraction of sp³-hybridized carbons (Fsp3) is 0.600. The lowest BCUT2D eigenvalue weighted by Gasteiger charge is -2.30. The zero-order chi connectivity index (χ0) is 13.3. The second-order valence-electron chi connectivity index (χ2n) is 4.19. The minimum absolute atomic E-state index is 0.114. The molecule has 18 heavy (non-hydrogen) atoms. The topological polar surface area (TPSA) is 37.4 Å². The molecule has 1 fully saturated rings. The Hall–Kier alpha value is 0.480. The van der Waals surface area contributed by atoms with Crippen molar-refractivity contribution in [3.63, 3.8) is 0 Å². The van der Waals surface area contributed by atoms with E-state index in [1.54, 1.807) is 0 Å². The fourth-order valence-electron chi connectivity index (χ4n) is 1.94. The van der Waals surface area contributed by atoms with Crippen LogP contribution in [0.5, 0.6) is 0 Å². The smallest absolute Gasteiger partial charge is 0.207 e. The van der Waals surface area contributed by atoms with Crippen molar-refractivity contribution < 1.29 is 8.42 Å². The summed E-state index contributed by atoms with van der Waals surface area (Å²) >= 11 is 18.6. The molecule has 0 aliphatic carbocycles. The molecule has 0 bridgehead atoms. The Labute approximate surface area is 126 Å². The van der Waals surface area contributed by atoms with Crippen LogP contribution in [0, 0.1) is 5.92 Å². The molecule has 3 nitrogen and oxygen atoms in total. The molecule has 1 saturated heterocycles. The molecule has 1 aromatic rings. The molecule has 2 heterocycles. The fourth-order valence-corrected chi connectivity index (χ4v) is 5.84.